The zero-order chi connectivity index (χ0) is 12.7. The monoisotopic (exact) mass is 243 g/mol. The molecule has 0 unspecified atom stereocenters. The predicted molar refractivity (Wildman–Crippen MR) is 76.2 cm³/mol. The Morgan fingerprint density at radius 2 is 1.62 bits per heavy atom. The van der Waals surface area contributed by atoms with E-state index in [0.29, 0.717) is 5.04 Å². The highest BCUT2D eigenvalue weighted by atomic mass is 28.4. The molecule has 0 atom stereocenters. The second-order valence-electron chi connectivity index (χ2n) is 6.18. The first-order valence-electron chi connectivity index (χ1n) is 6.77. The van der Waals surface area contributed by atoms with Crippen molar-refractivity contribution < 1.29 is 4.43 Å². The maximum atomic E-state index is 6.12. The van der Waals surface area contributed by atoms with Crippen LogP contribution in [-0.4, -0.2) is 14.9 Å². The van der Waals surface area contributed by atoms with E-state index in [1.54, 1.807) is 0 Å². The normalized spacial score (nSPS) is 13.1. The molecule has 0 saturated carbocycles. The van der Waals surface area contributed by atoms with Gasteiger partial charge in [-0.2, -0.15) is 0 Å². The first-order valence-corrected chi connectivity index (χ1v) is 9.67. The number of rotatable bonds is 8. The zero-order valence-electron chi connectivity index (χ0n) is 12.2. The lowest BCUT2D eigenvalue weighted by atomic mass is 10.1. The van der Waals surface area contributed by atoms with Gasteiger partial charge in [0.05, 0.1) is 0 Å². The Morgan fingerprint density at radius 1 is 1.06 bits per heavy atom. The van der Waals surface area contributed by atoms with Gasteiger partial charge in [-0.25, -0.2) is 0 Å². The van der Waals surface area contributed by atoms with Crippen LogP contribution in [0.4, 0.5) is 0 Å². The Kier molecular flexibility index (Phi) is 7.58. The van der Waals surface area contributed by atoms with Gasteiger partial charge in [-0.1, -0.05) is 47.0 Å². The molecule has 0 aromatic carbocycles. The molecule has 0 spiro atoms. The van der Waals surface area contributed by atoms with Crippen molar-refractivity contribution in [1.29, 1.82) is 0 Å². The molecule has 0 aliphatic rings. The first-order chi connectivity index (χ1) is 7.31. The van der Waals surface area contributed by atoms with E-state index in [1.165, 1.54) is 32.1 Å². The van der Waals surface area contributed by atoms with Gasteiger partial charge in [0, 0.05) is 6.61 Å². The van der Waals surface area contributed by atoms with Gasteiger partial charge in [-0.05, 0) is 37.4 Å². The minimum Gasteiger partial charge on any atom is -0.417 e. The van der Waals surface area contributed by atoms with E-state index in [4.69, 9.17) is 4.43 Å². The molecule has 97 valence electrons. The second-order valence-corrected chi connectivity index (χ2v) is 11.0. The Morgan fingerprint density at radius 3 is 2.12 bits per heavy atom. The summed E-state index contributed by atoms with van der Waals surface area (Å²) in [5.74, 6) is 0. The van der Waals surface area contributed by atoms with Crippen LogP contribution < -0.4 is 0 Å². The standard InChI is InChI=1S/C14H31OSi/c1-7-8-9-10-11-12-13-15-16(5,6)14(2,3)4/h10H,7-9,11-13H2,1-6H3. The third-order valence-corrected chi connectivity index (χ3v) is 8.12. The molecular weight excluding hydrogens is 212 g/mol. The first kappa shape index (κ1) is 16.2. The van der Waals surface area contributed by atoms with Crippen molar-refractivity contribution in [3.8, 4) is 0 Å². The Labute approximate surface area is 104 Å². The van der Waals surface area contributed by atoms with Gasteiger partial charge < -0.3 is 4.43 Å². The van der Waals surface area contributed by atoms with Gasteiger partial charge in [-0.3, -0.25) is 0 Å². The third-order valence-electron chi connectivity index (χ3n) is 3.58. The van der Waals surface area contributed by atoms with Crippen LogP contribution >= 0.6 is 0 Å². The fourth-order valence-electron chi connectivity index (χ4n) is 1.26. The summed E-state index contributed by atoms with van der Waals surface area (Å²) in [5.41, 5.74) is 0. The van der Waals surface area contributed by atoms with Crippen LogP contribution in [0.1, 0.15) is 59.8 Å². The average molecular weight is 243 g/mol. The SMILES string of the molecule is CCCC[CH]CCCO[Si](C)(C)C(C)(C)C. The molecule has 0 fully saturated rings. The van der Waals surface area contributed by atoms with Crippen LogP contribution in [-0.2, 0) is 4.43 Å². The fourth-order valence-corrected chi connectivity index (χ4v) is 2.35. The van der Waals surface area contributed by atoms with Crippen LogP contribution in [0.25, 0.3) is 0 Å². The summed E-state index contributed by atoms with van der Waals surface area (Å²) >= 11 is 0. The smallest absolute Gasteiger partial charge is 0.191 e. The van der Waals surface area contributed by atoms with E-state index in [-0.39, 0.29) is 0 Å². The van der Waals surface area contributed by atoms with Crippen LogP contribution in [0.15, 0.2) is 0 Å². The van der Waals surface area contributed by atoms with E-state index >= 15 is 0 Å². The van der Waals surface area contributed by atoms with E-state index in [2.05, 4.69) is 47.2 Å². The van der Waals surface area contributed by atoms with Gasteiger partial charge in [0.2, 0.25) is 0 Å². The van der Waals surface area contributed by atoms with Crippen molar-refractivity contribution in [2.75, 3.05) is 6.61 Å². The molecule has 2 heteroatoms. The summed E-state index contributed by atoms with van der Waals surface area (Å²) in [5, 5.41) is 0.346. The lowest BCUT2D eigenvalue weighted by Crippen LogP contribution is -2.40. The summed E-state index contributed by atoms with van der Waals surface area (Å²) in [7, 11) is -1.49. The summed E-state index contributed by atoms with van der Waals surface area (Å²) in [4.78, 5) is 0. The largest absolute Gasteiger partial charge is 0.417 e. The van der Waals surface area contributed by atoms with Crippen molar-refractivity contribution in [3.05, 3.63) is 6.42 Å². The van der Waals surface area contributed by atoms with Gasteiger partial charge in [0.1, 0.15) is 0 Å². The molecule has 0 heterocycles. The van der Waals surface area contributed by atoms with E-state index in [0.717, 1.165) is 6.61 Å². The van der Waals surface area contributed by atoms with Crippen molar-refractivity contribution in [2.24, 2.45) is 0 Å². The van der Waals surface area contributed by atoms with Crippen LogP contribution in [0, 0.1) is 6.42 Å². The molecule has 0 aliphatic heterocycles. The fraction of sp³-hybridized carbons (Fsp3) is 0.929. The van der Waals surface area contributed by atoms with E-state index in [1.807, 2.05) is 0 Å². The molecule has 0 aromatic rings. The maximum Gasteiger partial charge on any atom is 0.191 e. The Balaban J connectivity index is 3.51. The number of hydrogen-bond donors (Lipinski definition) is 0. The van der Waals surface area contributed by atoms with Crippen LogP contribution in [0.5, 0.6) is 0 Å². The Bertz CT molecular complexity index is 170. The van der Waals surface area contributed by atoms with Crippen LogP contribution in [0.2, 0.25) is 18.1 Å². The topological polar surface area (TPSA) is 9.23 Å². The van der Waals surface area contributed by atoms with Crippen molar-refractivity contribution in [1.82, 2.24) is 0 Å². The number of hydrogen-bond acceptors (Lipinski definition) is 1. The predicted octanol–water partition coefficient (Wildman–Crippen LogP) is 5.18. The molecular formula is C14H31OSi. The van der Waals surface area contributed by atoms with Gasteiger partial charge in [0.15, 0.2) is 8.32 Å². The molecule has 0 bridgehead atoms. The molecule has 0 N–H and O–H groups in total. The molecule has 1 nitrogen and oxygen atoms in total. The van der Waals surface area contributed by atoms with Crippen molar-refractivity contribution in [2.45, 2.75) is 77.9 Å². The second kappa shape index (κ2) is 7.49. The van der Waals surface area contributed by atoms with Gasteiger partial charge in [0.25, 0.3) is 0 Å². The minimum atomic E-state index is -1.49. The van der Waals surface area contributed by atoms with Gasteiger partial charge in [-0.15, -0.1) is 0 Å². The highest BCUT2D eigenvalue weighted by Crippen LogP contribution is 2.36. The minimum absolute atomic E-state index is 0.346. The summed E-state index contributed by atoms with van der Waals surface area (Å²) in [6.45, 7) is 14.7. The quantitative estimate of drug-likeness (QED) is 0.421. The molecule has 0 saturated heterocycles. The van der Waals surface area contributed by atoms with Gasteiger partial charge >= 0.3 is 0 Å². The molecule has 1 radical (unpaired) electrons. The van der Waals surface area contributed by atoms with E-state index in [9.17, 15) is 0 Å². The summed E-state index contributed by atoms with van der Waals surface area (Å²) in [6.07, 6.45) is 8.74. The molecule has 0 aromatic heterocycles. The molecule has 16 heavy (non-hydrogen) atoms. The summed E-state index contributed by atoms with van der Waals surface area (Å²) < 4.78 is 6.12. The third kappa shape index (κ3) is 6.69. The Hall–Kier alpha value is 0.177. The lowest BCUT2D eigenvalue weighted by molar-refractivity contribution is 0.281. The highest BCUT2D eigenvalue weighted by Gasteiger charge is 2.36. The molecule has 0 amide bonds. The van der Waals surface area contributed by atoms with Crippen molar-refractivity contribution in [3.63, 3.8) is 0 Å². The summed E-state index contributed by atoms with van der Waals surface area (Å²) in [6, 6.07) is 0. The molecule has 0 rings (SSSR count). The van der Waals surface area contributed by atoms with E-state index < -0.39 is 8.32 Å². The lowest BCUT2D eigenvalue weighted by Gasteiger charge is -2.36. The number of unbranched alkanes of at least 4 members (excludes halogenated alkanes) is 5. The van der Waals surface area contributed by atoms with Crippen molar-refractivity contribution >= 4 is 8.32 Å². The zero-order valence-corrected chi connectivity index (χ0v) is 13.2. The maximum absolute atomic E-state index is 6.12. The van der Waals surface area contributed by atoms with Crippen LogP contribution in [0.3, 0.4) is 0 Å². The highest BCUT2D eigenvalue weighted by molar-refractivity contribution is 6.74. The average Bonchev–Trinajstić information content (AvgIpc) is 2.14. The molecule has 0 aliphatic carbocycles.